The minimum absolute atomic E-state index is 0.0880. The summed E-state index contributed by atoms with van der Waals surface area (Å²) in [5.41, 5.74) is 2.83. The van der Waals surface area contributed by atoms with Crippen molar-refractivity contribution >= 4 is 45.3 Å². The summed E-state index contributed by atoms with van der Waals surface area (Å²) in [6.07, 6.45) is 3.09. The number of fused-ring (bicyclic) bond motifs is 1. The highest BCUT2D eigenvalue weighted by Crippen LogP contribution is 2.29. The van der Waals surface area contributed by atoms with Crippen LogP contribution in [0.4, 0.5) is 0 Å². The molecule has 2 aliphatic heterocycles. The van der Waals surface area contributed by atoms with Crippen LogP contribution in [0.5, 0.6) is 0 Å². The van der Waals surface area contributed by atoms with E-state index in [2.05, 4.69) is 9.98 Å². The van der Waals surface area contributed by atoms with Crippen LogP contribution in [-0.2, 0) is 9.59 Å². The third-order valence-electron chi connectivity index (χ3n) is 5.89. The van der Waals surface area contributed by atoms with Gasteiger partial charge in [-0.3, -0.25) is 19.6 Å². The molecule has 164 valence electrons. The summed E-state index contributed by atoms with van der Waals surface area (Å²) >= 11 is 0. The van der Waals surface area contributed by atoms with Crippen molar-refractivity contribution in [3.63, 3.8) is 0 Å². The average Bonchev–Trinajstić information content (AvgIpc) is 3.47. The van der Waals surface area contributed by atoms with Crippen LogP contribution in [0.25, 0.3) is 22.3 Å². The fraction of sp³-hybridized carbons (Fsp3) is 0.308. The molecular formula is C26H26N2O4. The highest BCUT2D eigenvalue weighted by Gasteiger charge is 2.23. The van der Waals surface area contributed by atoms with Crippen LogP contribution in [0.1, 0.15) is 50.7 Å². The van der Waals surface area contributed by atoms with Crippen molar-refractivity contribution in [1.82, 2.24) is 0 Å². The van der Waals surface area contributed by atoms with E-state index in [0.717, 1.165) is 23.6 Å². The molecule has 0 saturated heterocycles. The Morgan fingerprint density at radius 1 is 0.719 bits per heavy atom. The zero-order valence-electron chi connectivity index (χ0n) is 18.3. The molecule has 0 bridgehead atoms. The normalized spacial score (nSPS) is 17.6. The van der Waals surface area contributed by atoms with Gasteiger partial charge in [0.25, 0.3) is 0 Å². The quantitative estimate of drug-likeness (QED) is 0.496. The van der Waals surface area contributed by atoms with Crippen molar-refractivity contribution in [2.45, 2.75) is 39.5 Å². The lowest BCUT2D eigenvalue weighted by Gasteiger charge is -2.11. The number of ketones is 2. The van der Waals surface area contributed by atoms with Gasteiger partial charge in [0.15, 0.2) is 11.6 Å². The number of nitrogens with zero attached hydrogens (tertiary/aromatic N) is 2. The molecular weight excluding hydrogens is 404 g/mol. The SMILES string of the molecule is CC(=O)/C(C1=NCCC1)=C(/O)c1ccc2ccc(/C(O)=C(\C(C)=O)C3=NCCC3)cc2c1. The molecule has 6 heteroatoms. The Morgan fingerprint density at radius 3 is 1.50 bits per heavy atom. The molecule has 2 aromatic rings. The van der Waals surface area contributed by atoms with Crippen LogP contribution in [-0.4, -0.2) is 46.3 Å². The van der Waals surface area contributed by atoms with Gasteiger partial charge in [0.05, 0.1) is 11.1 Å². The number of carbonyl (C=O) groups is 2. The molecule has 0 radical (unpaired) electrons. The molecule has 6 nitrogen and oxygen atoms in total. The van der Waals surface area contributed by atoms with E-state index in [4.69, 9.17) is 0 Å². The predicted octanol–water partition coefficient (Wildman–Crippen LogP) is 5.03. The Balaban J connectivity index is 1.81. The van der Waals surface area contributed by atoms with E-state index in [1.165, 1.54) is 13.8 Å². The van der Waals surface area contributed by atoms with Crippen LogP contribution in [0.2, 0.25) is 0 Å². The Hall–Kier alpha value is -3.54. The summed E-state index contributed by atoms with van der Waals surface area (Å²) in [6.45, 7) is 4.19. The molecule has 0 amide bonds. The number of aliphatic imine (C=N–C) groups is 2. The topological polar surface area (TPSA) is 99.3 Å². The third kappa shape index (κ3) is 4.13. The summed E-state index contributed by atoms with van der Waals surface area (Å²) in [6, 6.07) is 10.8. The molecule has 4 rings (SSSR count). The van der Waals surface area contributed by atoms with Crippen molar-refractivity contribution < 1.29 is 19.8 Å². The van der Waals surface area contributed by atoms with E-state index < -0.39 is 0 Å². The Bertz CT molecular complexity index is 1150. The van der Waals surface area contributed by atoms with Gasteiger partial charge >= 0.3 is 0 Å². The van der Waals surface area contributed by atoms with Gasteiger partial charge in [-0.25, -0.2) is 0 Å². The lowest BCUT2D eigenvalue weighted by atomic mass is 9.95. The number of aliphatic hydroxyl groups excluding tert-OH is 2. The fourth-order valence-corrected chi connectivity index (χ4v) is 4.33. The number of carbonyl (C=O) groups excluding carboxylic acids is 2. The molecule has 0 unspecified atom stereocenters. The first-order valence-corrected chi connectivity index (χ1v) is 10.9. The zero-order chi connectivity index (χ0) is 22.8. The second-order valence-corrected chi connectivity index (χ2v) is 8.20. The summed E-state index contributed by atoms with van der Waals surface area (Å²) in [5.74, 6) is -0.619. The second kappa shape index (κ2) is 8.91. The van der Waals surface area contributed by atoms with Crippen LogP contribution >= 0.6 is 0 Å². The predicted molar refractivity (Wildman–Crippen MR) is 127 cm³/mol. The molecule has 32 heavy (non-hydrogen) atoms. The van der Waals surface area contributed by atoms with Gasteiger partial charge in [0.2, 0.25) is 0 Å². The first kappa shape index (κ1) is 21.7. The van der Waals surface area contributed by atoms with Gasteiger partial charge in [0, 0.05) is 35.6 Å². The molecule has 0 spiro atoms. The molecule has 0 aliphatic carbocycles. The number of hydrogen-bond donors (Lipinski definition) is 2. The number of rotatable bonds is 6. The maximum atomic E-state index is 12.2. The zero-order valence-corrected chi connectivity index (χ0v) is 18.3. The maximum Gasteiger partial charge on any atom is 0.165 e. The van der Waals surface area contributed by atoms with Gasteiger partial charge in [-0.15, -0.1) is 0 Å². The first-order valence-electron chi connectivity index (χ1n) is 10.9. The van der Waals surface area contributed by atoms with Gasteiger partial charge in [-0.05, 0) is 62.4 Å². The van der Waals surface area contributed by atoms with Crippen molar-refractivity contribution in [1.29, 1.82) is 0 Å². The largest absolute Gasteiger partial charge is 0.506 e. The summed E-state index contributed by atoms with van der Waals surface area (Å²) in [7, 11) is 0. The average molecular weight is 431 g/mol. The minimum Gasteiger partial charge on any atom is -0.506 e. The van der Waals surface area contributed by atoms with Gasteiger partial charge in [-0.2, -0.15) is 0 Å². The molecule has 2 aromatic carbocycles. The highest BCUT2D eigenvalue weighted by molar-refractivity contribution is 6.27. The number of hydrogen-bond acceptors (Lipinski definition) is 6. The van der Waals surface area contributed by atoms with Crippen LogP contribution in [0, 0.1) is 0 Å². The fourth-order valence-electron chi connectivity index (χ4n) is 4.33. The molecule has 0 atom stereocenters. The van der Waals surface area contributed by atoms with E-state index in [0.29, 0.717) is 48.5 Å². The van der Waals surface area contributed by atoms with Crippen LogP contribution < -0.4 is 0 Å². The molecule has 0 aromatic heterocycles. The summed E-state index contributed by atoms with van der Waals surface area (Å²) < 4.78 is 0. The van der Waals surface area contributed by atoms with E-state index >= 15 is 0 Å². The Morgan fingerprint density at radius 2 is 1.16 bits per heavy atom. The van der Waals surface area contributed by atoms with Crippen LogP contribution in [0.15, 0.2) is 57.5 Å². The standard InChI is InChI=1S/C26H26N2O4/c1-15(29)23(21-5-3-11-27-21)25(31)18-9-7-17-8-10-19(14-20(17)13-18)26(32)24(16(2)30)22-6-4-12-28-22/h7-10,13-14,31-32H,3-6,11-12H2,1-2H3/b25-23-,26-24-. The third-order valence-corrected chi connectivity index (χ3v) is 5.89. The monoisotopic (exact) mass is 430 g/mol. The van der Waals surface area contributed by atoms with Gasteiger partial charge < -0.3 is 10.2 Å². The summed E-state index contributed by atoms with van der Waals surface area (Å²) in [5, 5.41) is 23.5. The number of benzene rings is 2. The molecule has 0 fully saturated rings. The van der Waals surface area contributed by atoms with E-state index in [-0.39, 0.29) is 34.2 Å². The lowest BCUT2D eigenvalue weighted by molar-refractivity contribution is -0.114. The Labute approximate surface area is 186 Å². The number of Topliss-reactive ketones (excluding diaryl/α,β-unsaturated/α-hetero) is 2. The van der Waals surface area contributed by atoms with E-state index in [1.54, 1.807) is 24.3 Å². The number of allylic oxidation sites excluding steroid dienone is 2. The smallest absolute Gasteiger partial charge is 0.165 e. The Kier molecular flexibility index (Phi) is 6.04. The van der Waals surface area contributed by atoms with Crippen molar-refractivity contribution in [3.05, 3.63) is 58.7 Å². The molecule has 2 heterocycles. The lowest BCUT2D eigenvalue weighted by Crippen LogP contribution is -2.11. The van der Waals surface area contributed by atoms with E-state index in [1.807, 2.05) is 12.1 Å². The van der Waals surface area contributed by atoms with Crippen molar-refractivity contribution in [2.24, 2.45) is 9.98 Å². The van der Waals surface area contributed by atoms with Crippen molar-refractivity contribution in [2.75, 3.05) is 13.1 Å². The van der Waals surface area contributed by atoms with E-state index in [9.17, 15) is 19.8 Å². The maximum absolute atomic E-state index is 12.2. The molecule has 2 N–H and O–H groups in total. The van der Waals surface area contributed by atoms with Crippen molar-refractivity contribution in [3.8, 4) is 0 Å². The van der Waals surface area contributed by atoms with Gasteiger partial charge in [0.1, 0.15) is 11.5 Å². The second-order valence-electron chi connectivity index (χ2n) is 8.20. The first-order chi connectivity index (χ1) is 15.4. The highest BCUT2D eigenvalue weighted by atomic mass is 16.3. The molecule has 0 saturated carbocycles. The van der Waals surface area contributed by atoms with Gasteiger partial charge in [-0.1, -0.05) is 24.3 Å². The van der Waals surface area contributed by atoms with Crippen LogP contribution in [0.3, 0.4) is 0 Å². The molecule has 2 aliphatic rings. The minimum atomic E-state index is -0.221. The summed E-state index contributed by atoms with van der Waals surface area (Å²) in [4.78, 5) is 33.2. The number of aliphatic hydroxyl groups is 2.